The summed E-state index contributed by atoms with van der Waals surface area (Å²) in [4.78, 5) is 29.5. The molecule has 2 aromatic carbocycles. The number of ether oxygens (including phenoxy) is 2. The number of carbonyl (C=O) groups is 2. The lowest BCUT2D eigenvalue weighted by molar-refractivity contribution is -0.128. The molecule has 1 N–H and O–H groups in total. The van der Waals surface area contributed by atoms with Crippen molar-refractivity contribution in [3.8, 4) is 11.5 Å². The summed E-state index contributed by atoms with van der Waals surface area (Å²) in [6.07, 6.45) is 0.689. The number of anilines is 1. The Bertz CT molecular complexity index is 1420. The summed E-state index contributed by atoms with van der Waals surface area (Å²) in [7, 11) is 3.05. The van der Waals surface area contributed by atoms with Crippen molar-refractivity contribution in [2.75, 3.05) is 19.1 Å². The van der Waals surface area contributed by atoms with Gasteiger partial charge in [0.25, 0.3) is 5.91 Å². The molecule has 1 atom stereocenters. The standard InChI is InChI=1S/C28H33N5O5/c1-7-28(3,4)29-27(35)26(24-13-12-18(2)38-24)33(19-14-20(36-5)16-21(15-19)37-6)25(34)17-32-23-11-9-8-10-22(23)30-31-32/h8-16,26H,7,17H2,1-6H3,(H,29,35). The molecular formula is C28H33N5O5. The Morgan fingerprint density at radius 2 is 1.76 bits per heavy atom. The summed E-state index contributed by atoms with van der Waals surface area (Å²) < 4.78 is 18.4. The molecule has 200 valence electrons. The van der Waals surface area contributed by atoms with Gasteiger partial charge in [-0.15, -0.1) is 5.10 Å². The fourth-order valence-corrected chi connectivity index (χ4v) is 4.07. The van der Waals surface area contributed by atoms with Crippen molar-refractivity contribution in [2.24, 2.45) is 0 Å². The molecule has 0 aliphatic rings. The molecule has 0 spiro atoms. The topological polar surface area (TPSA) is 112 Å². The van der Waals surface area contributed by atoms with E-state index in [0.717, 1.165) is 0 Å². The Morgan fingerprint density at radius 1 is 1.08 bits per heavy atom. The van der Waals surface area contributed by atoms with E-state index < -0.39 is 17.5 Å². The Morgan fingerprint density at radius 3 is 2.37 bits per heavy atom. The molecule has 2 amide bonds. The van der Waals surface area contributed by atoms with Gasteiger partial charge in [-0.25, -0.2) is 4.68 Å². The van der Waals surface area contributed by atoms with Gasteiger partial charge in [0.15, 0.2) is 6.04 Å². The first-order valence-corrected chi connectivity index (χ1v) is 12.4. The number of benzene rings is 2. The molecule has 0 saturated carbocycles. The lowest BCUT2D eigenvalue weighted by atomic mass is 10.0. The molecule has 4 rings (SSSR count). The molecule has 0 bridgehead atoms. The Balaban J connectivity index is 1.86. The van der Waals surface area contributed by atoms with Crippen LogP contribution in [0.2, 0.25) is 0 Å². The Hall–Kier alpha value is -4.34. The molecule has 1 unspecified atom stereocenters. The van der Waals surface area contributed by atoms with E-state index in [1.54, 1.807) is 37.3 Å². The third-order valence-corrected chi connectivity index (χ3v) is 6.47. The number of hydrogen-bond donors (Lipinski definition) is 1. The zero-order valence-electron chi connectivity index (χ0n) is 22.5. The number of fused-ring (bicyclic) bond motifs is 1. The van der Waals surface area contributed by atoms with Gasteiger partial charge in [0.05, 0.1) is 25.4 Å². The van der Waals surface area contributed by atoms with E-state index in [1.165, 1.54) is 23.8 Å². The van der Waals surface area contributed by atoms with Crippen molar-refractivity contribution in [3.63, 3.8) is 0 Å². The molecular weight excluding hydrogens is 486 g/mol. The highest BCUT2D eigenvalue weighted by Gasteiger charge is 2.37. The molecule has 0 aliphatic carbocycles. The van der Waals surface area contributed by atoms with Crippen LogP contribution in [-0.4, -0.2) is 46.6 Å². The van der Waals surface area contributed by atoms with Gasteiger partial charge in [-0.05, 0) is 51.5 Å². The fraction of sp³-hybridized carbons (Fsp3) is 0.357. The van der Waals surface area contributed by atoms with Crippen molar-refractivity contribution in [1.29, 1.82) is 0 Å². The number of amides is 2. The van der Waals surface area contributed by atoms with Gasteiger partial charge < -0.3 is 19.2 Å². The highest BCUT2D eigenvalue weighted by atomic mass is 16.5. The predicted octanol–water partition coefficient (Wildman–Crippen LogP) is 4.43. The lowest BCUT2D eigenvalue weighted by Crippen LogP contribution is -2.51. The number of rotatable bonds is 10. The minimum atomic E-state index is -1.12. The maximum absolute atomic E-state index is 14.1. The van der Waals surface area contributed by atoms with Gasteiger partial charge in [0.1, 0.15) is 35.1 Å². The van der Waals surface area contributed by atoms with Crippen LogP contribution in [0.25, 0.3) is 11.0 Å². The Labute approximate surface area is 221 Å². The maximum Gasteiger partial charge on any atom is 0.251 e. The molecule has 4 aromatic rings. The molecule has 0 fully saturated rings. The van der Waals surface area contributed by atoms with E-state index in [2.05, 4.69) is 15.6 Å². The van der Waals surface area contributed by atoms with Crippen LogP contribution in [0.15, 0.2) is 59.0 Å². The number of nitrogens with zero attached hydrogens (tertiary/aromatic N) is 4. The van der Waals surface area contributed by atoms with Gasteiger partial charge in [-0.3, -0.25) is 14.5 Å². The van der Waals surface area contributed by atoms with Crippen molar-refractivity contribution in [1.82, 2.24) is 20.3 Å². The smallest absolute Gasteiger partial charge is 0.251 e. The molecule has 2 heterocycles. The third-order valence-electron chi connectivity index (χ3n) is 6.47. The first-order valence-electron chi connectivity index (χ1n) is 12.4. The summed E-state index contributed by atoms with van der Waals surface area (Å²) in [5.41, 5.74) is 1.25. The number of aromatic nitrogens is 3. The van der Waals surface area contributed by atoms with E-state index in [1.807, 2.05) is 45.0 Å². The van der Waals surface area contributed by atoms with Crippen LogP contribution in [0.5, 0.6) is 11.5 Å². The average molecular weight is 520 g/mol. The van der Waals surface area contributed by atoms with Gasteiger partial charge in [-0.1, -0.05) is 24.3 Å². The van der Waals surface area contributed by atoms with E-state index in [9.17, 15) is 9.59 Å². The number of nitrogens with one attached hydrogen (secondary N) is 1. The monoisotopic (exact) mass is 519 g/mol. The Kier molecular flexibility index (Phi) is 7.70. The third kappa shape index (κ3) is 5.64. The number of carbonyl (C=O) groups excluding carboxylic acids is 2. The highest BCUT2D eigenvalue weighted by Crippen LogP contribution is 2.35. The second-order valence-corrected chi connectivity index (χ2v) is 9.65. The van der Waals surface area contributed by atoms with E-state index >= 15 is 0 Å². The second kappa shape index (κ2) is 11.0. The number of hydrogen-bond acceptors (Lipinski definition) is 7. The fourth-order valence-electron chi connectivity index (χ4n) is 4.07. The average Bonchev–Trinajstić information content (AvgIpc) is 3.52. The molecule has 10 heteroatoms. The molecule has 0 radical (unpaired) electrons. The van der Waals surface area contributed by atoms with Crippen molar-refractivity contribution in [3.05, 3.63) is 66.1 Å². The van der Waals surface area contributed by atoms with E-state index in [4.69, 9.17) is 13.9 Å². The van der Waals surface area contributed by atoms with Crippen molar-refractivity contribution in [2.45, 2.75) is 52.2 Å². The summed E-state index contributed by atoms with van der Waals surface area (Å²) in [5, 5.41) is 11.4. The number of aryl methyl sites for hydroxylation is 1. The summed E-state index contributed by atoms with van der Waals surface area (Å²) in [6, 6.07) is 14.8. The van der Waals surface area contributed by atoms with Gasteiger partial charge in [0.2, 0.25) is 5.91 Å². The van der Waals surface area contributed by atoms with Crippen LogP contribution in [0.1, 0.15) is 44.8 Å². The SMILES string of the molecule is CCC(C)(C)NC(=O)C(c1ccc(C)o1)N(C(=O)Cn1nnc2ccccc21)c1cc(OC)cc(OC)c1. The van der Waals surface area contributed by atoms with Crippen LogP contribution in [-0.2, 0) is 16.1 Å². The molecule has 0 aliphatic heterocycles. The molecule has 38 heavy (non-hydrogen) atoms. The molecule has 10 nitrogen and oxygen atoms in total. The second-order valence-electron chi connectivity index (χ2n) is 9.65. The van der Waals surface area contributed by atoms with Crippen LogP contribution < -0.4 is 19.7 Å². The lowest BCUT2D eigenvalue weighted by Gasteiger charge is -2.33. The zero-order valence-corrected chi connectivity index (χ0v) is 22.5. The number of para-hydroxylation sites is 1. The predicted molar refractivity (Wildman–Crippen MR) is 143 cm³/mol. The largest absolute Gasteiger partial charge is 0.497 e. The molecule has 0 saturated heterocycles. The summed E-state index contributed by atoms with van der Waals surface area (Å²) >= 11 is 0. The van der Waals surface area contributed by atoms with E-state index in [-0.39, 0.29) is 12.5 Å². The van der Waals surface area contributed by atoms with Crippen molar-refractivity contribution < 1.29 is 23.5 Å². The van der Waals surface area contributed by atoms with Gasteiger partial charge in [0, 0.05) is 23.7 Å². The first kappa shape index (κ1) is 26.7. The minimum absolute atomic E-state index is 0.166. The summed E-state index contributed by atoms with van der Waals surface area (Å²) in [5.74, 6) is 1.08. The van der Waals surface area contributed by atoms with Crippen molar-refractivity contribution >= 4 is 28.5 Å². The quantitative estimate of drug-likeness (QED) is 0.330. The molecule has 2 aromatic heterocycles. The normalized spacial score (nSPS) is 12.3. The number of methoxy groups -OCH3 is 2. The summed E-state index contributed by atoms with van der Waals surface area (Å²) in [6.45, 7) is 7.46. The minimum Gasteiger partial charge on any atom is -0.497 e. The van der Waals surface area contributed by atoms with E-state index in [0.29, 0.717) is 46.2 Å². The maximum atomic E-state index is 14.1. The van der Waals surface area contributed by atoms with Gasteiger partial charge >= 0.3 is 0 Å². The zero-order chi connectivity index (χ0) is 27.4. The van der Waals surface area contributed by atoms with Crippen LogP contribution in [0.3, 0.4) is 0 Å². The van der Waals surface area contributed by atoms with Gasteiger partial charge in [-0.2, -0.15) is 0 Å². The number of furan rings is 1. The highest BCUT2D eigenvalue weighted by molar-refractivity contribution is 6.01. The van der Waals surface area contributed by atoms with Crippen LogP contribution in [0.4, 0.5) is 5.69 Å². The van der Waals surface area contributed by atoms with Crippen LogP contribution >= 0.6 is 0 Å². The van der Waals surface area contributed by atoms with Crippen LogP contribution in [0, 0.1) is 6.92 Å². The first-order chi connectivity index (χ1) is 18.2.